The first-order valence-electron chi connectivity index (χ1n) is 6.13. The quantitative estimate of drug-likeness (QED) is 0.752. The lowest BCUT2D eigenvalue weighted by molar-refractivity contribution is 0.413. The zero-order valence-electron chi connectivity index (χ0n) is 11.2. The summed E-state index contributed by atoms with van der Waals surface area (Å²) in [6.45, 7) is 8.83. The molecule has 0 fully saturated rings. The molecule has 0 spiro atoms. The summed E-state index contributed by atoms with van der Waals surface area (Å²) in [4.78, 5) is 1.27. The molecule has 0 aliphatic rings. The molecule has 1 atom stereocenters. The lowest BCUT2D eigenvalue weighted by Crippen LogP contribution is -2.26. The highest BCUT2D eigenvalue weighted by molar-refractivity contribution is 8.00. The molecule has 0 bridgehead atoms. The van der Waals surface area contributed by atoms with Gasteiger partial charge in [-0.25, -0.2) is 0 Å². The molecular formula is C14H23NOS. The van der Waals surface area contributed by atoms with Crippen LogP contribution in [0.4, 0.5) is 0 Å². The fraction of sp³-hybridized carbons (Fsp3) is 0.571. The van der Waals surface area contributed by atoms with Gasteiger partial charge in [0.1, 0.15) is 5.75 Å². The van der Waals surface area contributed by atoms with E-state index in [1.54, 1.807) is 7.11 Å². The molecule has 0 aliphatic carbocycles. The molecule has 3 heteroatoms. The third kappa shape index (κ3) is 5.99. The maximum Gasteiger partial charge on any atom is 0.119 e. The Balaban J connectivity index is 2.36. The van der Waals surface area contributed by atoms with E-state index in [9.17, 15) is 0 Å². The van der Waals surface area contributed by atoms with Crippen molar-refractivity contribution in [1.82, 2.24) is 5.32 Å². The Labute approximate surface area is 109 Å². The van der Waals surface area contributed by atoms with Crippen molar-refractivity contribution < 1.29 is 4.74 Å². The maximum atomic E-state index is 5.22. The monoisotopic (exact) mass is 253 g/mol. The van der Waals surface area contributed by atoms with E-state index in [1.807, 2.05) is 23.9 Å². The molecule has 0 radical (unpaired) electrons. The number of hydrogen-bond donors (Lipinski definition) is 1. The smallest absolute Gasteiger partial charge is 0.119 e. The Kier molecular flexibility index (Phi) is 6.45. The lowest BCUT2D eigenvalue weighted by Gasteiger charge is -2.14. The Hall–Kier alpha value is -0.670. The zero-order valence-corrected chi connectivity index (χ0v) is 12.0. The summed E-state index contributed by atoms with van der Waals surface area (Å²) < 4.78 is 5.22. The fourth-order valence-electron chi connectivity index (χ4n) is 1.52. The minimum Gasteiger partial charge on any atom is -0.497 e. The third-order valence-electron chi connectivity index (χ3n) is 2.36. The van der Waals surface area contributed by atoms with Crippen molar-refractivity contribution in [3.63, 3.8) is 0 Å². The molecular weight excluding hydrogens is 230 g/mol. The van der Waals surface area contributed by atoms with E-state index in [1.165, 1.54) is 4.90 Å². The molecule has 17 heavy (non-hydrogen) atoms. The summed E-state index contributed by atoms with van der Waals surface area (Å²) in [5.74, 6) is 1.64. The number of ether oxygens (including phenoxy) is 1. The second-order valence-electron chi connectivity index (χ2n) is 4.66. The number of benzene rings is 1. The summed E-state index contributed by atoms with van der Waals surface area (Å²) >= 11 is 1.88. The second-order valence-corrected chi connectivity index (χ2v) is 6.17. The highest BCUT2D eigenvalue weighted by Crippen LogP contribution is 2.26. The molecule has 1 rings (SSSR count). The molecule has 0 aliphatic heterocycles. The summed E-state index contributed by atoms with van der Waals surface area (Å²) in [5.41, 5.74) is 0. The van der Waals surface area contributed by atoms with Crippen molar-refractivity contribution in [1.29, 1.82) is 0 Å². The first-order valence-corrected chi connectivity index (χ1v) is 7.01. The van der Waals surface area contributed by atoms with E-state index < -0.39 is 0 Å². The lowest BCUT2D eigenvalue weighted by atomic mass is 10.2. The van der Waals surface area contributed by atoms with Crippen molar-refractivity contribution in [2.75, 3.05) is 20.2 Å². The van der Waals surface area contributed by atoms with E-state index in [2.05, 4.69) is 38.2 Å². The number of hydrogen-bond acceptors (Lipinski definition) is 3. The van der Waals surface area contributed by atoms with Gasteiger partial charge in [-0.3, -0.25) is 0 Å². The maximum absolute atomic E-state index is 5.22. The predicted octanol–water partition coefficient (Wildman–Crippen LogP) is 3.42. The van der Waals surface area contributed by atoms with Gasteiger partial charge in [-0.2, -0.15) is 0 Å². The third-order valence-corrected chi connectivity index (χ3v) is 3.46. The molecule has 0 amide bonds. The van der Waals surface area contributed by atoms with Crippen LogP contribution in [0, 0.1) is 5.92 Å². The number of rotatable bonds is 7. The standard InChI is InChI=1S/C14H23NOS/c1-11(2)9-15-10-12(3)17-14-7-5-6-13(8-14)16-4/h5-8,11-12,15H,9-10H2,1-4H3. The van der Waals surface area contributed by atoms with Crippen molar-refractivity contribution >= 4 is 11.8 Å². The van der Waals surface area contributed by atoms with E-state index in [0.717, 1.165) is 18.8 Å². The Morgan fingerprint density at radius 3 is 2.65 bits per heavy atom. The SMILES string of the molecule is COc1cccc(SC(C)CNCC(C)C)c1. The zero-order chi connectivity index (χ0) is 12.7. The van der Waals surface area contributed by atoms with Gasteiger partial charge in [-0.05, 0) is 30.7 Å². The molecule has 1 N–H and O–H groups in total. The van der Waals surface area contributed by atoms with E-state index >= 15 is 0 Å². The van der Waals surface area contributed by atoms with Crippen LogP contribution in [0.15, 0.2) is 29.2 Å². The van der Waals surface area contributed by atoms with Gasteiger partial charge in [0, 0.05) is 16.7 Å². The molecule has 0 heterocycles. The Bertz CT molecular complexity index is 328. The largest absolute Gasteiger partial charge is 0.497 e. The second kappa shape index (κ2) is 7.62. The van der Waals surface area contributed by atoms with Gasteiger partial charge in [0.2, 0.25) is 0 Å². The Morgan fingerprint density at radius 2 is 2.00 bits per heavy atom. The van der Waals surface area contributed by atoms with E-state index in [4.69, 9.17) is 4.74 Å². The van der Waals surface area contributed by atoms with Crippen molar-refractivity contribution in [3.8, 4) is 5.75 Å². The van der Waals surface area contributed by atoms with Crippen LogP contribution in [0.1, 0.15) is 20.8 Å². The van der Waals surface area contributed by atoms with Crippen LogP contribution in [-0.4, -0.2) is 25.4 Å². The van der Waals surface area contributed by atoms with Crippen LogP contribution in [0.25, 0.3) is 0 Å². The number of nitrogens with one attached hydrogen (secondary N) is 1. The summed E-state index contributed by atoms with van der Waals surface area (Å²) in [6, 6.07) is 8.23. The molecule has 1 aromatic rings. The highest BCUT2D eigenvalue weighted by atomic mass is 32.2. The minimum atomic E-state index is 0.570. The topological polar surface area (TPSA) is 21.3 Å². The van der Waals surface area contributed by atoms with Gasteiger partial charge < -0.3 is 10.1 Å². The molecule has 96 valence electrons. The van der Waals surface area contributed by atoms with Crippen LogP contribution in [-0.2, 0) is 0 Å². The van der Waals surface area contributed by atoms with Crippen molar-refractivity contribution in [2.45, 2.75) is 30.9 Å². The average Bonchev–Trinajstić information content (AvgIpc) is 2.28. The molecule has 0 saturated heterocycles. The van der Waals surface area contributed by atoms with Gasteiger partial charge in [0.15, 0.2) is 0 Å². The van der Waals surface area contributed by atoms with Gasteiger partial charge in [-0.1, -0.05) is 26.8 Å². The molecule has 1 unspecified atom stereocenters. The predicted molar refractivity (Wildman–Crippen MR) is 76.0 cm³/mol. The summed E-state index contributed by atoms with van der Waals surface area (Å²) in [5, 5.41) is 4.05. The average molecular weight is 253 g/mol. The fourth-order valence-corrected chi connectivity index (χ4v) is 2.53. The van der Waals surface area contributed by atoms with Gasteiger partial charge >= 0.3 is 0 Å². The van der Waals surface area contributed by atoms with E-state index in [0.29, 0.717) is 11.2 Å². The van der Waals surface area contributed by atoms with Gasteiger partial charge in [0.05, 0.1) is 7.11 Å². The number of thioether (sulfide) groups is 1. The molecule has 1 aromatic carbocycles. The number of methoxy groups -OCH3 is 1. The van der Waals surface area contributed by atoms with Crippen LogP contribution in [0.2, 0.25) is 0 Å². The Morgan fingerprint density at radius 1 is 1.24 bits per heavy atom. The summed E-state index contributed by atoms with van der Waals surface area (Å²) in [7, 11) is 1.71. The molecule has 2 nitrogen and oxygen atoms in total. The van der Waals surface area contributed by atoms with Gasteiger partial charge in [-0.15, -0.1) is 11.8 Å². The summed E-state index contributed by atoms with van der Waals surface area (Å²) in [6.07, 6.45) is 0. The van der Waals surface area contributed by atoms with Crippen molar-refractivity contribution in [3.05, 3.63) is 24.3 Å². The van der Waals surface area contributed by atoms with Crippen LogP contribution >= 0.6 is 11.8 Å². The van der Waals surface area contributed by atoms with Crippen LogP contribution in [0.3, 0.4) is 0 Å². The van der Waals surface area contributed by atoms with Crippen LogP contribution in [0.5, 0.6) is 5.75 Å². The molecule has 0 aromatic heterocycles. The first kappa shape index (κ1) is 14.4. The molecule has 0 saturated carbocycles. The normalized spacial score (nSPS) is 12.8. The van der Waals surface area contributed by atoms with Crippen molar-refractivity contribution in [2.24, 2.45) is 5.92 Å². The first-order chi connectivity index (χ1) is 8.11. The van der Waals surface area contributed by atoms with Crippen LogP contribution < -0.4 is 10.1 Å². The highest BCUT2D eigenvalue weighted by Gasteiger charge is 2.05. The van der Waals surface area contributed by atoms with E-state index in [-0.39, 0.29) is 0 Å². The van der Waals surface area contributed by atoms with Gasteiger partial charge in [0.25, 0.3) is 0 Å². The minimum absolute atomic E-state index is 0.570.